The van der Waals surface area contributed by atoms with E-state index >= 15 is 0 Å². The average Bonchev–Trinajstić information content (AvgIpc) is 2.47. The maximum atomic E-state index is 12.0. The van der Waals surface area contributed by atoms with Gasteiger partial charge < -0.3 is 11.1 Å². The number of carbonyl (C=O) groups excluding carboxylic acids is 1. The molecule has 1 saturated carbocycles. The van der Waals surface area contributed by atoms with Crippen LogP contribution in [0.4, 0.5) is 0 Å². The minimum absolute atomic E-state index is 0.121. The van der Waals surface area contributed by atoms with Crippen molar-refractivity contribution < 1.29 is 4.79 Å². The Hall–Kier alpha value is -1.42. The van der Waals surface area contributed by atoms with E-state index in [4.69, 9.17) is 5.73 Å². The number of nitrogens with two attached hydrogens (primary N) is 1. The van der Waals surface area contributed by atoms with Gasteiger partial charge in [0.15, 0.2) is 0 Å². The molecule has 0 saturated heterocycles. The van der Waals surface area contributed by atoms with Gasteiger partial charge in [0, 0.05) is 24.4 Å². The van der Waals surface area contributed by atoms with E-state index < -0.39 is 0 Å². The van der Waals surface area contributed by atoms with Crippen LogP contribution < -0.4 is 11.1 Å². The number of carbonyl (C=O) groups is 1. The molecule has 1 aromatic heterocycles. The normalized spacial score (nSPS) is 23.0. The SMILES string of the molecule is NCC1CCCCC1NC(=O)CCc1ccccn1. The number of nitrogens with zero attached hydrogens (tertiary/aromatic N) is 1. The smallest absolute Gasteiger partial charge is 0.220 e. The largest absolute Gasteiger partial charge is 0.353 e. The number of nitrogens with one attached hydrogen (secondary N) is 1. The van der Waals surface area contributed by atoms with E-state index in [1.807, 2.05) is 18.2 Å². The van der Waals surface area contributed by atoms with Gasteiger partial charge in [0.2, 0.25) is 5.91 Å². The lowest BCUT2D eigenvalue weighted by molar-refractivity contribution is -0.122. The Balaban J connectivity index is 1.77. The number of aryl methyl sites for hydroxylation is 1. The van der Waals surface area contributed by atoms with Gasteiger partial charge in [0.1, 0.15) is 0 Å². The van der Waals surface area contributed by atoms with Crippen LogP contribution in [0.2, 0.25) is 0 Å². The van der Waals surface area contributed by atoms with Gasteiger partial charge in [-0.1, -0.05) is 18.9 Å². The molecule has 2 unspecified atom stereocenters. The number of pyridine rings is 1. The second-order valence-corrected chi connectivity index (χ2v) is 5.28. The van der Waals surface area contributed by atoms with Crippen LogP contribution in [0.25, 0.3) is 0 Å². The lowest BCUT2D eigenvalue weighted by Crippen LogP contribution is -2.44. The lowest BCUT2D eigenvalue weighted by Gasteiger charge is -2.31. The molecule has 0 radical (unpaired) electrons. The van der Waals surface area contributed by atoms with E-state index in [2.05, 4.69) is 10.3 Å². The third kappa shape index (κ3) is 4.31. The summed E-state index contributed by atoms with van der Waals surface area (Å²) < 4.78 is 0. The van der Waals surface area contributed by atoms with Crippen LogP contribution in [0.15, 0.2) is 24.4 Å². The summed E-state index contributed by atoms with van der Waals surface area (Å²) in [6.07, 6.45) is 7.61. The first kappa shape index (κ1) is 14.0. The maximum Gasteiger partial charge on any atom is 0.220 e. The van der Waals surface area contributed by atoms with Crippen LogP contribution >= 0.6 is 0 Å². The van der Waals surface area contributed by atoms with Gasteiger partial charge in [-0.25, -0.2) is 0 Å². The first-order valence-corrected chi connectivity index (χ1v) is 7.19. The van der Waals surface area contributed by atoms with Crippen LogP contribution in [0.5, 0.6) is 0 Å². The summed E-state index contributed by atoms with van der Waals surface area (Å²) in [5.41, 5.74) is 6.74. The lowest BCUT2D eigenvalue weighted by atomic mass is 9.84. The molecular weight excluding hydrogens is 238 g/mol. The molecule has 1 amide bonds. The minimum Gasteiger partial charge on any atom is -0.353 e. The molecule has 4 heteroatoms. The molecule has 4 nitrogen and oxygen atoms in total. The summed E-state index contributed by atoms with van der Waals surface area (Å²) in [4.78, 5) is 16.2. The van der Waals surface area contributed by atoms with Crippen molar-refractivity contribution in [1.82, 2.24) is 10.3 Å². The summed E-state index contributed by atoms with van der Waals surface area (Å²) in [5.74, 6) is 0.573. The van der Waals surface area contributed by atoms with E-state index in [9.17, 15) is 4.79 Å². The number of amides is 1. The highest BCUT2D eigenvalue weighted by Crippen LogP contribution is 2.23. The maximum absolute atomic E-state index is 12.0. The third-order valence-corrected chi connectivity index (χ3v) is 3.89. The standard InChI is InChI=1S/C15H23N3O/c16-11-12-5-1-2-7-14(12)18-15(19)9-8-13-6-3-4-10-17-13/h3-4,6,10,12,14H,1-2,5,7-9,11,16H2,(H,18,19). The number of aromatic nitrogens is 1. The van der Waals surface area contributed by atoms with Crippen LogP contribution in [-0.4, -0.2) is 23.5 Å². The fraction of sp³-hybridized carbons (Fsp3) is 0.600. The van der Waals surface area contributed by atoms with Crippen molar-refractivity contribution in [2.45, 2.75) is 44.6 Å². The van der Waals surface area contributed by atoms with Crippen molar-refractivity contribution >= 4 is 5.91 Å². The zero-order valence-corrected chi connectivity index (χ0v) is 11.3. The molecule has 1 aliphatic rings. The van der Waals surface area contributed by atoms with Crippen molar-refractivity contribution in [3.05, 3.63) is 30.1 Å². The van der Waals surface area contributed by atoms with Crippen LogP contribution in [-0.2, 0) is 11.2 Å². The Labute approximate surface area is 114 Å². The third-order valence-electron chi connectivity index (χ3n) is 3.89. The Morgan fingerprint density at radius 3 is 2.95 bits per heavy atom. The van der Waals surface area contributed by atoms with Gasteiger partial charge in [-0.3, -0.25) is 9.78 Å². The van der Waals surface area contributed by atoms with E-state index in [1.165, 1.54) is 12.8 Å². The monoisotopic (exact) mass is 261 g/mol. The molecule has 1 aromatic rings. The van der Waals surface area contributed by atoms with Crippen molar-refractivity contribution in [2.24, 2.45) is 11.7 Å². The molecule has 0 aromatic carbocycles. The molecule has 104 valence electrons. The Kier molecular flexibility index (Phi) is 5.33. The first-order valence-electron chi connectivity index (χ1n) is 7.19. The van der Waals surface area contributed by atoms with Gasteiger partial charge in [-0.2, -0.15) is 0 Å². The second-order valence-electron chi connectivity index (χ2n) is 5.28. The fourth-order valence-electron chi connectivity index (χ4n) is 2.75. The molecule has 2 atom stereocenters. The molecule has 19 heavy (non-hydrogen) atoms. The molecule has 0 bridgehead atoms. The van der Waals surface area contributed by atoms with Crippen LogP contribution in [0.3, 0.4) is 0 Å². The molecule has 1 fully saturated rings. The highest BCUT2D eigenvalue weighted by molar-refractivity contribution is 5.76. The highest BCUT2D eigenvalue weighted by Gasteiger charge is 2.24. The molecule has 0 spiro atoms. The molecule has 0 aliphatic heterocycles. The zero-order valence-electron chi connectivity index (χ0n) is 11.3. The van der Waals surface area contributed by atoms with E-state index in [0.29, 0.717) is 25.3 Å². The Morgan fingerprint density at radius 1 is 1.37 bits per heavy atom. The fourth-order valence-corrected chi connectivity index (χ4v) is 2.75. The Bertz CT molecular complexity index is 394. The van der Waals surface area contributed by atoms with Gasteiger partial charge in [-0.15, -0.1) is 0 Å². The predicted octanol–water partition coefficient (Wildman–Crippen LogP) is 1.65. The summed E-state index contributed by atoms with van der Waals surface area (Å²) >= 11 is 0. The van der Waals surface area contributed by atoms with Gasteiger partial charge in [-0.05, 0) is 43.9 Å². The predicted molar refractivity (Wildman–Crippen MR) is 75.5 cm³/mol. The van der Waals surface area contributed by atoms with E-state index in [0.717, 1.165) is 18.5 Å². The molecule has 1 heterocycles. The number of rotatable bonds is 5. The average molecular weight is 261 g/mol. The van der Waals surface area contributed by atoms with Crippen molar-refractivity contribution in [3.63, 3.8) is 0 Å². The first-order chi connectivity index (χ1) is 9.29. The number of hydrogen-bond donors (Lipinski definition) is 2. The van der Waals surface area contributed by atoms with Crippen molar-refractivity contribution in [2.75, 3.05) is 6.54 Å². The van der Waals surface area contributed by atoms with Crippen LogP contribution in [0.1, 0.15) is 37.8 Å². The van der Waals surface area contributed by atoms with Gasteiger partial charge in [0.05, 0.1) is 0 Å². The van der Waals surface area contributed by atoms with E-state index in [-0.39, 0.29) is 11.9 Å². The summed E-state index contributed by atoms with van der Waals surface area (Å²) in [7, 11) is 0. The molecule has 3 N–H and O–H groups in total. The summed E-state index contributed by atoms with van der Waals surface area (Å²) in [6.45, 7) is 0.672. The minimum atomic E-state index is 0.121. The molecule has 2 rings (SSSR count). The van der Waals surface area contributed by atoms with Gasteiger partial charge in [0.25, 0.3) is 0 Å². The quantitative estimate of drug-likeness (QED) is 0.847. The topological polar surface area (TPSA) is 68.0 Å². The van der Waals surface area contributed by atoms with Crippen molar-refractivity contribution in [3.8, 4) is 0 Å². The Morgan fingerprint density at radius 2 is 2.21 bits per heavy atom. The van der Waals surface area contributed by atoms with E-state index in [1.54, 1.807) is 6.20 Å². The summed E-state index contributed by atoms with van der Waals surface area (Å²) in [6, 6.07) is 6.06. The molecular formula is C15H23N3O. The second kappa shape index (κ2) is 7.24. The van der Waals surface area contributed by atoms with Crippen LogP contribution in [0, 0.1) is 5.92 Å². The van der Waals surface area contributed by atoms with Crippen molar-refractivity contribution in [1.29, 1.82) is 0 Å². The summed E-state index contributed by atoms with van der Waals surface area (Å²) in [5, 5.41) is 3.14. The highest BCUT2D eigenvalue weighted by atomic mass is 16.1. The molecule has 1 aliphatic carbocycles. The number of hydrogen-bond acceptors (Lipinski definition) is 3. The van der Waals surface area contributed by atoms with Gasteiger partial charge >= 0.3 is 0 Å². The zero-order chi connectivity index (χ0) is 13.5.